The van der Waals surface area contributed by atoms with Crippen molar-refractivity contribution in [3.8, 4) is 6.01 Å². The number of fused-ring (bicyclic) bond motifs is 1. The van der Waals surface area contributed by atoms with E-state index in [0.29, 0.717) is 24.8 Å². The Hall–Kier alpha value is -2.54. The summed E-state index contributed by atoms with van der Waals surface area (Å²) in [6.07, 6.45) is 4.92. The van der Waals surface area contributed by atoms with Crippen LogP contribution < -0.4 is 4.74 Å². The van der Waals surface area contributed by atoms with Crippen LogP contribution in [0, 0.1) is 0 Å². The predicted octanol–water partition coefficient (Wildman–Crippen LogP) is 3.47. The van der Waals surface area contributed by atoms with Crippen molar-refractivity contribution in [3.63, 3.8) is 0 Å². The molecule has 1 aliphatic heterocycles. The number of hydrogen-bond donors (Lipinski definition) is 0. The highest BCUT2D eigenvalue weighted by Crippen LogP contribution is 2.19. The normalized spacial score (nSPS) is 17.3. The maximum Gasteiger partial charge on any atom is 0.316 e. The van der Waals surface area contributed by atoms with Crippen LogP contribution in [0.5, 0.6) is 6.01 Å². The number of carbonyl (C=O) groups is 1. The molecule has 1 atom stereocenters. The molecule has 2 aromatic heterocycles. The Bertz CT molecular complexity index is 932. The van der Waals surface area contributed by atoms with Crippen LogP contribution in [0.4, 0.5) is 0 Å². The van der Waals surface area contributed by atoms with Gasteiger partial charge in [0.05, 0.1) is 16.5 Å². The molecule has 3 heterocycles. The Morgan fingerprint density at radius 1 is 1.15 bits per heavy atom. The van der Waals surface area contributed by atoms with Gasteiger partial charge in [-0.25, -0.2) is 15.0 Å². The van der Waals surface area contributed by atoms with Crippen molar-refractivity contribution in [1.82, 2.24) is 19.9 Å². The van der Waals surface area contributed by atoms with Crippen LogP contribution in [0.15, 0.2) is 53.3 Å². The average molecular weight is 413 g/mol. The molecule has 0 spiro atoms. The number of rotatable bonds is 3. The third-order valence-electron chi connectivity index (χ3n) is 4.35. The molecule has 0 saturated carbocycles. The summed E-state index contributed by atoms with van der Waals surface area (Å²) in [5, 5.41) is 1.02. The van der Waals surface area contributed by atoms with Gasteiger partial charge in [-0.1, -0.05) is 24.3 Å². The van der Waals surface area contributed by atoms with Crippen molar-refractivity contribution in [2.75, 3.05) is 13.1 Å². The van der Waals surface area contributed by atoms with Gasteiger partial charge < -0.3 is 9.64 Å². The Kier molecular flexibility index (Phi) is 4.79. The molecule has 0 aliphatic carbocycles. The molecule has 3 aromatic rings. The van der Waals surface area contributed by atoms with E-state index in [2.05, 4.69) is 30.9 Å². The van der Waals surface area contributed by atoms with Crippen LogP contribution in [-0.4, -0.2) is 45.0 Å². The van der Waals surface area contributed by atoms with Crippen LogP contribution >= 0.6 is 15.9 Å². The monoisotopic (exact) mass is 412 g/mol. The maximum atomic E-state index is 12.9. The standard InChI is InChI=1S/C19H17BrN4O2/c20-14-10-21-19(22-11-14)26-15-5-3-9-24(12-15)18(25)17-8-7-13-4-1-2-6-16(13)23-17/h1-2,4,6-8,10-11,15H,3,5,9,12H2. The number of nitrogens with zero attached hydrogens (tertiary/aromatic N) is 4. The number of halogens is 1. The fraction of sp³-hybridized carbons (Fsp3) is 0.263. The third-order valence-corrected chi connectivity index (χ3v) is 4.76. The molecule has 4 rings (SSSR count). The zero-order valence-electron chi connectivity index (χ0n) is 14.0. The molecule has 132 valence electrons. The molecular weight excluding hydrogens is 396 g/mol. The molecule has 0 bridgehead atoms. The van der Waals surface area contributed by atoms with Crippen molar-refractivity contribution in [1.29, 1.82) is 0 Å². The number of hydrogen-bond acceptors (Lipinski definition) is 5. The number of ether oxygens (including phenoxy) is 1. The summed E-state index contributed by atoms with van der Waals surface area (Å²) in [4.78, 5) is 27.4. The highest BCUT2D eigenvalue weighted by atomic mass is 79.9. The molecule has 0 N–H and O–H groups in total. The number of piperidine rings is 1. The second-order valence-electron chi connectivity index (χ2n) is 6.21. The van der Waals surface area contributed by atoms with Gasteiger partial charge in [-0.05, 0) is 40.9 Å². The summed E-state index contributed by atoms with van der Waals surface area (Å²) in [5.41, 5.74) is 1.29. The second-order valence-corrected chi connectivity index (χ2v) is 7.12. The maximum absolute atomic E-state index is 12.9. The van der Waals surface area contributed by atoms with E-state index in [1.54, 1.807) is 23.4 Å². The van der Waals surface area contributed by atoms with Gasteiger partial charge >= 0.3 is 6.01 Å². The van der Waals surface area contributed by atoms with Crippen molar-refractivity contribution < 1.29 is 9.53 Å². The Labute approximate surface area is 159 Å². The SMILES string of the molecule is O=C(c1ccc2ccccc2n1)N1CCCC(Oc2ncc(Br)cn2)C1. The van der Waals surface area contributed by atoms with Gasteiger partial charge in [0.25, 0.3) is 5.91 Å². The summed E-state index contributed by atoms with van der Waals surface area (Å²) in [5.74, 6) is -0.0687. The van der Waals surface area contributed by atoms with Crippen LogP contribution in [-0.2, 0) is 0 Å². The van der Waals surface area contributed by atoms with Gasteiger partial charge in [-0.3, -0.25) is 4.79 Å². The molecular formula is C19H17BrN4O2. The van der Waals surface area contributed by atoms with Crippen molar-refractivity contribution in [2.45, 2.75) is 18.9 Å². The lowest BCUT2D eigenvalue weighted by molar-refractivity contribution is 0.0511. The summed E-state index contributed by atoms with van der Waals surface area (Å²) in [6, 6.07) is 11.8. The van der Waals surface area contributed by atoms with Crippen LogP contribution in [0.3, 0.4) is 0 Å². The Morgan fingerprint density at radius 2 is 1.96 bits per heavy atom. The van der Waals surface area contributed by atoms with Gasteiger partial charge in [0, 0.05) is 24.3 Å². The fourth-order valence-corrected chi connectivity index (χ4v) is 3.28. The highest BCUT2D eigenvalue weighted by Gasteiger charge is 2.27. The van der Waals surface area contributed by atoms with Crippen molar-refractivity contribution >= 4 is 32.7 Å². The van der Waals surface area contributed by atoms with E-state index >= 15 is 0 Å². The molecule has 1 saturated heterocycles. The second kappa shape index (κ2) is 7.37. The molecule has 1 aromatic carbocycles. The largest absolute Gasteiger partial charge is 0.458 e. The number of carbonyl (C=O) groups excluding carboxylic acids is 1. The zero-order chi connectivity index (χ0) is 17.9. The van der Waals surface area contributed by atoms with E-state index < -0.39 is 0 Å². The van der Waals surface area contributed by atoms with E-state index in [4.69, 9.17) is 4.74 Å². The minimum atomic E-state index is -0.116. The number of para-hydroxylation sites is 1. The fourth-order valence-electron chi connectivity index (χ4n) is 3.08. The van der Waals surface area contributed by atoms with Crippen molar-refractivity contribution in [2.24, 2.45) is 0 Å². The number of likely N-dealkylation sites (tertiary alicyclic amines) is 1. The van der Waals surface area contributed by atoms with Gasteiger partial charge in [-0.2, -0.15) is 0 Å². The van der Waals surface area contributed by atoms with E-state index in [1.165, 1.54) is 0 Å². The van der Waals surface area contributed by atoms with Gasteiger partial charge in [0.1, 0.15) is 11.8 Å². The molecule has 0 radical (unpaired) electrons. The Balaban J connectivity index is 1.47. The topological polar surface area (TPSA) is 68.2 Å². The lowest BCUT2D eigenvalue weighted by atomic mass is 10.1. The first-order valence-corrected chi connectivity index (χ1v) is 9.27. The lowest BCUT2D eigenvalue weighted by Crippen LogP contribution is -2.44. The minimum absolute atomic E-state index is 0.0687. The molecule has 6 nitrogen and oxygen atoms in total. The van der Waals surface area contributed by atoms with Gasteiger partial charge in [-0.15, -0.1) is 0 Å². The van der Waals surface area contributed by atoms with Gasteiger partial charge in [0.15, 0.2) is 0 Å². The van der Waals surface area contributed by atoms with Crippen LogP contribution in [0.25, 0.3) is 10.9 Å². The average Bonchev–Trinajstić information content (AvgIpc) is 2.69. The summed E-state index contributed by atoms with van der Waals surface area (Å²) in [7, 11) is 0. The van der Waals surface area contributed by atoms with Crippen molar-refractivity contribution in [3.05, 3.63) is 59.0 Å². The summed E-state index contributed by atoms with van der Waals surface area (Å²) >= 11 is 3.30. The molecule has 1 aliphatic rings. The number of aromatic nitrogens is 3. The first-order chi connectivity index (χ1) is 12.7. The van der Waals surface area contributed by atoms with Crippen LogP contribution in [0.1, 0.15) is 23.3 Å². The summed E-state index contributed by atoms with van der Waals surface area (Å²) in [6.45, 7) is 1.21. The molecule has 26 heavy (non-hydrogen) atoms. The minimum Gasteiger partial charge on any atom is -0.458 e. The van der Waals surface area contributed by atoms with E-state index in [1.807, 2.05) is 30.3 Å². The van der Waals surface area contributed by atoms with Gasteiger partial charge in [0.2, 0.25) is 0 Å². The third kappa shape index (κ3) is 3.67. The molecule has 1 fully saturated rings. The first kappa shape index (κ1) is 16.9. The first-order valence-electron chi connectivity index (χ1n) is 8.48. The van der Waals surface area contributed by atoms with E-state index in [0.717, 1.165) is 28.2 Å². The summed E-state index contributed by atoms with van der Waals surface area (Å²) < 4.78 is 6.64. The predicted molar refractivity (Wildman–Crippen MR) is 101 cm³/mol. The van der Waals surface area contributed by atoms with E-state index in [-0.39, 0.29) is 12.0 Å². The zero-order valence-corrected chi connectivity index (χ0v) is 15.6. The lowest BCUT2D eigenvalue weighted by Gasteiger charge is -2.32. The quantitative estimate of drug-likeness (QED) is 0.658. The smallest absolute Gasteiger partial charge is 0.316 e. The molecule has 1 unspecified atom stereocenters. The highest BCUT2D eigenvalue weighted by molar-refractivity contribution is 9.10. The molecule has 7 heteroatoms. The van der Waals surface area contributed by atoms with Crippen LogP contribution in [0.2, 0.25) is 0 Å². The van der Waals surface area contributed by atoms with E-state index in [9.17, 15) is 4.79 Å². The Morgan fingerprint density at radius 3 is 2.81 bits per heavy atom. The molecule has 1 amide bonds. The number of amides is 1. The number of pyridine rings is 1. The number of benzene rings is 1.